The number of rotatable bonds is 3. The number of nitrogens with zero attached hydrogens (tertiary/aromatic N) is 2. The van der Waals surface area contributed by atoms with E-state index >= 15 is 0 Å². The maximum absolute atomic E-state index is 13.1. The van der Waals surface area contributed by atoms with E-state index in [1.807, 2.05) is 19.9 Å². The molecule has 0 bridgehead atoms. The van der Waals surface area contributed by atoms with E-state index in [0.29, 0.717) is 0 Å². The molecule has 4 nitrogen and oxygen atoms in total. The summed E-state index contributed by atoms with van der Waals surface area (Å²) in [5.74, 6) is -0.258. The summed E-state index contributed by atoms with van der Waals surface area (Å²) in [6.45, 7) is 3.83. The van der Waals surface area contributed by atoms with Crippen LogP contribution in [0.15, 0.2) is 0 Å². The van der Waals surface area contributed by atoms with Crippen LogP contribution in [0.5, 0.6) is 0 Å². The summed E-state index contributed by atoms with van der Waals surface area (Å²) >= 11 is 0. The number of carbonyl (C=O) groups excluding carboxylic acids is 1. The van der Waals surface area contributed by atoms with Gasteiger partial charge < -0.3 is 10.6 Å². The molecule has 1 fully saturated rings. The van der Waals surface area contributed by atoms with E-state index in [1.54, 1.807) is 0 Å². The van der Waals surface area contributed by atoms with Crippen molar-refractivity contribution < 1.29 is 9.18 Å². The molecule has 98 valence electrons. The van der Waals surface area contributed by atoms with Crippen LogP contribution in [0, 0.1) is 17.2 Å². The van der Waals surface area contributed by atoms with E-state index in [9.17, 15) is 9.18 Å². The molecule has 0 aromatic heterocycles. The summed E-state index contributed by atoms with van der Waals surface area (Å²) in [7, 11) is 0. The predicted molar refractivity (Wildman–Crippen MR) is 65.3 cm³/mol. The molecule has 17 heavy (non-hydrogen) atoms. The van der Waals surface area contributed by atoms with Crippen LogP contribution in [0.4, 0.5) is 4.39 Å². The number of alkyl halides is 1. The third-order valence-corrected chi connectivity index (χ3v) is 3.22. The molecular formula is C11H19ClFN3O. The lowest BCUT2D eigenvalue weighted by Crippen LogP contribution is -2.48. The van der Waals surface area contributed by atoms with E-state index < -0.39 is 18.3 Å². The first-order valence-electron chi connectivity index (χ1n) is 5.61. The van der Waals surface area contributed by atoms with Gasteiger partial charge in [-0.15, -0.1) is 12.4 Å². The molecular weight excluding hydrogens is 245 g/mol. The van der Waals surface area contributed by atoms with Gasteiger partial charge in [-0.25, -0.2) is 4.39 Å². The number of nitrogens with two attached hydrogens (primary N) is 1. The van der Waals surface area contributed by atoms with Crippen LogP contribution < -0.4 is 5.73 Å². The number of hydrogen-bond donors (Lipinski definition) is 1. The van der Waals surface area contributed by atoms with Crippen molar-refractivity contribution in [3.8, 4) is 6.07 Å². The maximum Gasteiger partial charge on any atom is 0.240 e. The Morgan fingerprint density at radius 3 is 2.76 bits per heavy atom. The molecule has 0 unspecified atom stereocenters. The SMILES string of the molecule is CC[C@H](C)[C@H](N)C(=O)N1C[C@@H](F)C[C@H]1C#N.Cl. The van der Waals surface area contributed by atoms with Crippen molar-refractivity contribution in [2.45, 2.75) is 44.9 Å². The first kappa shape index (κ1) is 16.1. The smallest absolute Gasteiger partial charge is 0.240 e. The van der Waals surface area contributed by atoms with Gasteiger partial charge >= 0.3 is 0 Å². The van der Waals surface area contributed by atoms with E-state index in [4.69, 9.17) is 11.0 Å². The summed E-state index contributed by atoms with van der Waals surface area (Å²) in [4.78, 5) is 13.2. The number of carbonyl (C=O) groups is 1. The van der Waals surface area contributed by atoms with Gasteiger partial charge in [0.05, 0.1) is 18.7 Å². The van der Waals surface area contributed by atoms with Gasteiger partial charge in [0.15, 0.2) is 0 Å². The Bertz CT molecular complexity index is 308. The van der Waals surface area contributed by atoms with Gasteiger partial charge in [0.1, 0.15) is 12.2 Å². The summed E-state index contributed by atoms with van der Waals surface area (Å²) in [5, 5.41) is 8.83. The molecule has 1 rings (SSSR count). The Labute approximate surface area is 107 Å². The van der Waals surface area contributed by atoms with Crippen LogP contribution in [-0.2, 0) is 4.79 Å². The average Bonchev–Trinajstić information content (AvgIpc) is 2.67. The second kappa shape index (κ2) is 6.77. The van der Waals surface area contributed by atoms with Crippen LogP contribution in [0.3, 0.4) is 0 Å². The third-order valence-electron chi connectivity index (χ3n) is 3.22. The Hall–Kier alpha value is -0.860. The zero-order valence-corrected chi connectivity index (χ0v) is 10.9. The Balaban J connectivity index is 0.00000256. The first-order valence-corrected chi connectivity index (χ1v) is 5.61. The fraction of sp³-hybridized carbons (Fsp3) is 0.818. The summed E-state index contributed by atoms with van der Waals surface area (Å²) in [5.41, 5.74) is 5.79. The lowest BCUT2D eigenvalue weighted by Gasteiger charge is -2.25. The molecule has 0 aromatic rings. The van der Waals surface area contributed by atoms with Crippen LogP contribution in [0.1, 0.15) is 26.7 Å². The van der Waals surface area contributed by atoms with Gasteiger partial charge in [-0.2, -0.15) is 5.26 Å². The van der Waals surface area contributed by atoms with Crippen molar-refractivity contribution in [3.63, 3.8) is 0 Å². The number of halogens is 2. The number of likely N-dealkylation sites (tertiary alicyclic amines) is 1. The number of amides is 1. The molecule has 0 saturated carbocycles. The fourth-order valence-corrected chi connectivity index (χ4v) is 1.84. The molecule has 4 atom stereocenters. The predicted octanol–water partition coefficient (Wildman–Crippen LogP) is 1.24. The highest BCUT2D eigenvalue weighted by Crippen LogP contribution is 2.22. The van der Waals surface area contributed by atoms with Gasteiger partial charge in [-0.3, -0.25) is 4.79 Å². The molecule has 1 aliphatic heterocycles. The summed E-state index contributed by atoms with van der Waals surface area (Å²) < 4.78 is 13.1. The van der Waals surface area contributed by atoms with E-state index in [-0.39, 0.29) is 37.2 Å². The minimum atomic E-state index is -1.10. The van der Waals surface area contributed by atoms with Crippen molar-refractivity contribution in [3.05, 3.63) is 0 Å². The van der Waals surface area contributed by atoms with Gasteiger partial charge in [-0.05, 0) is 5.92 Å². The lowest BCUT2D eigenvalue weighted by atomic mass is 9.99. The second-order valence-corrected chi connectivity index (χ2v) is 4.38. The Morgan fingerprint density at radius 2 is 2.29 bits per heavy atom. The Kier molecular flexibility index (Phi) is 6.43. The zero-order chi connectivity index (χ0) is 12.3. The topological polar surface area (TPSA) is 70.1 Å². The van der Waals surface area contributed by atoms with Gasteiger partial charge in [0, 0.05) is 6.42 Å². The highest BCUT2D eigenvalue weighted by Gasteiger charge is 2.38. The molecule has 1 amide bonds. The van der Waals surface area contributed by atoms with Crippen LogP contribution in [-0.4, -0.2) is 35.6 Å². The molecule has 0 spiro atoms. The van der Waals surface area contributed by atoms with Crippen molar-refractivity contribution >= 4 is 18.3 Å². The van der Waals surface area contributed by atoms with Crippen molar-refractivity contribution in [2.24, 2.45) is 11.7 Å². The zero-order valence-electron chi connectivity index (χ0n) is 10.1. The third kappa shape index (κ3) is 3.55. The highest BCUT2D eigenvalue weighted by molar-refractivity contribution is 5.85. The summed E-state index contributed by atoms with van der Waals surface area (Å²) in [6.07, 6.45) is -0.204. The normalized spacial score (nSPS) is 26.9. The minimum Gasteiger partial charge on any atom is -0.322 e. The van der Waals surface area contributed by atoms with Crippen LogP contribution >= 0.6 is 12.4 Å². The first-order chi connectivity index (χ1) is 7.51. The fourth-order valence-electron chi connectivity index (χ4n) is 1.84. The monoisotopic (exact) mass is 263 g/mol. The Morgan fingerprint density at radius 1 is 1.71 bits per heavy atom. The number of nitriles is 1. The van der Waals surface area contributed by atoms with E-state index in [0.717, 1.165) is 6.42 Å². The van der Waals surface area contributed by atoms with Crippen LogP contribution in [0.25, 0.3) is 0 Å². The van der Waals surface area contributed by atoms with Gasteiger partial charge in [0.2, 0.25) is 5.91 Å². The van der Waals surface area contributed by atoms with Gasteiger partial charge in [-0.1, -0.05) is 20.3 Å². The highest BCUT2D eigenvalue weighted by atomic mass is 35.5. The van der Waals surface area contributed by atoms with E-state index in [2.05, 4.69) is 0 Å². The molecule has 6 heteroatoms. The van der Waals surface area contributed by atoms with Crippen LogP contribution in [0.2, 0.25) is 0 Å². The second-order valence-electron chi connectivity index (χ2n) is 4.38. The lowest BCUT2D eigenvalue weighted by molar-refractivity contribution is -0.133. The molecule has 0 aliphatic carbocycles. The number of hydrogen-bond acceptors (Lipinski definition) is 3. The van der Waals surface area contributed by atoms with E-state index in [1.165, 1.54) is 4.90 Å². The average molecular weight is 264 g/mol. The molecule has 0 aromatic carbocycles. The molecule has 1 heterocycles. The maximum atomic E-state index is 13.1. The molecule has 0 radical (unpaired) electrons. The standard InChI is InChI=1S/C11H18FN3O.ClH/c1-3-7(2)10(14)11(16)15-6-8(12)4-9(15)5-13;/h7-10H,3-4,6,14H2,1-2H3;1H/t7-,8-,9-,10-;/m0./s1. The molecule has 1 saturated heterocycles. The van der Waals surface area contributed by atoms with Crippen molar-refractivity contribution in [2.75, 3.05) is 6.54 Å². The largest absolute Gasteiger partial charge is 0.322 e. The van der Waals surface area contributed by atoms with Gasteiger partial charge in [0.25, 0.3) is 0 Å². The van der Waals surface area contributed by atoms with Crippen molar-refractivity contribution in [1.29, 1.82) is 5.26 Å². The van der Waals surface area contributed by atoms with Crippen molar-refractivity contribution in [1.82, 2.24) is 4.90 Å². The molecule has 2 N–H and O–H groups in total. The molecule has 1 aliphatic rings. The summed E-state index contributed by atoms with van der Waals surface area (Å²) in [6, 6.07) is 0.658. The minimum absolute atomic E-state index is 0. The quantitative estimate of drug-likeness (QED) is 0.833.